The van der Waals surface area contributed by atoms with Crippen LogP contribution in [0.15, 0.2) is 48.5 Å². The second kappa shape index (κ2) is 9.33. The van der Waals surface area contributed by atoms with Crippen LogP contribution in [0.1, 0.15) is 62.9 Å². The molecule has 2 N–H and O–H groups in total. The van der Waals surface area contributed by atoms with E-state index in [4.69, 9.17) is 0 Å². The Labute approximate surface area is 179 Å². The van der Waals surface area contributed by atoms with Crippen LogP contribution in [0.2, 0.25) is 0 Å². The molecule has 0 aromatic heterocycles. The Morgan fingerprint density at radius 3 is 2.33 bits per heavy atom. The normalized spacial score (nSPS) is 15.0. The molecule has 3 rings (SSSR count). The minimum absolute atomic E-state index is 0.0481. The van der Waals surface area contributed by atoms with E-state index in [-0.39, 0.29) is 29.7 Å². The number of hydrogen-bond acceptors (Lipinski definition) is 3. The molecule has 0 bridgehead atoms. The fraction of sp³-hybridized carbons (Fsp3) is 0.440. The Balaban J connectivity index is 1.52. The molecule has 30 heavy (non-hydrogen) atoms. The Kier molecular flexibility index (Phi) is 6.80. The Morgan fingerprint density at radius 2 is 1.70 bits per heavy atom. The third-order valence-corrected chi connectivity index (χ3v) is 5.48. The van der Waals surface area contributed by atoms with Gasteiger partial charge in [0.15, 0.2) is 0 Å². The van der Waals surface area contributed by atoms with E-state index in [1.807, 2.05) is 49.4 Å². The van der Waals surface area contributed by atoms with Crippen molar-refractivity contribution in [3.63, 3.8) is 0 Å². The summed E-state index contributed by atoms with van der Waals surface area (Å²) in [5.74, 6) is -0.267. The van der Waals surface area contributed by atoms with E-state index in [2.05, 4.69) is 42.4 Å². The van der Waals surface area contributed by atoms with Crippen LogP contribution < -0.4 is 15.5 Å². The van der Waals surface area contributed by atoms with Crippen molar-refractivity contribution in [3.05, 3.63) is 59.7 Å². The molecule has 1 fully saturated rings. The topological polar surface area (TPSA) is 61.4 Å². The first kappa shape index (κ1) is 21.9. The lowest BCUT2D eigenvalue weighted by molar-refractivity contribution is -0.116. The summed E-state index contributed by atoms with van der Waals surface area (Å²) in [5.41, 5.74) is 3.77. The molecule has 1 atom stereocenters. The van der Waals surface area contributed by atoms with Gasteiger partial charge in [-0.2, -0.15) is 0 Å². The fourth-order valence-electron chi connectivity index (χ4n) is 3.73. The lowest BCUT2D eigenvalue weighted by atomic mass is 9.86. The van der Waals surface area contributed by atoms with E-state index >= 15 is 0 Å². The van der Waals surface area contributed by atoms with Crippen molar-refractivity contribution in [2.24, 2.45) is 0 Å². The van der Waals surface area contributed by atoms with Crippen molar-refractivity contribution in [2.75, 3.05) is 23.3 Å². The number of carbonyl (C=O) groups excluding carboxylic acids is 2. The number of amides is 2. The van der Waals surface area contributed by atoms with Crippen molar-refractivity contribution in [3.8, 4) is 0 Å². The predicted octanol–water partition coefficient (Wildman–Crippen LogP) is 4.73. The summed E-state index contributed by atoms with van der Waals surface area (Å²) in [6.07, 6.45) is 2.65. The van der Waals surface area contributed by atoms with Gasteiger partial charge in [-0.3, -0.25) is 9.59 Å². The first-order valence-electron chi connectivity index (χ1n) is 10.8. The van der Waals surface area contributed by atoms with Crippen molar-refractivity contribution in [2.45, 2.75) is 58.4 Å². The average molecular weight is 408 g/mol. The van der Waals surface area contributed by atoms with E-state index in [0.717, 1.165) is 24.5 Å². The van der Waals surface area contributed by atoms with Gasteiger partial charge in [0, 0.05) is 42.5 Å². The molecule has 1 heterocycles. The molecule has 2 aromatic rings. The lowest BCUT2D eigenvalue weighted by Crippen LogP contribution is -2.35. The van der Waals surface area contributed by atoms with Gasteiger partial charge in [-0.25, -0.2) is 0 Å². The highest BCUT2D eigenvalue weighted by molar-refractivity contribution is 5.95. The van der Waals surface area contributed by atoms with E-state index in [1.165, 1.54) is 18.4 Å². The number of carbonyl (C=O) groups is 2. The van der Waals surface area contributed by atoms with Gasteiger partial charge in [-0.15, -0.1) is 0 Å². The zero-order valence-corrected chi connectivity index (χ0v) is 18.5. The van der Waals surface area contributed by atoms with Crippen LogP contribution in [0, 0.1) is 0 Å². The van der Waals surface area contributed by atoms with Gasteiger partial charge in [-0.05, 0) is 61.1 Å². The minimum atomic E-state index is -0.262. The quantitative estimate of drug-likeness (QED) is 0.728. The molecular weight excluding hydrogens is 374 g/mol. The van der Waals surface area contributed by atoms with Gasteiger partial charge in [0.05, 0.1) is 0 Å². The molecule has 160 valence electrons. The third kappa shape index (κ3) is 5.85. The van der Waals surface area contributed by atoms with Gasteiger partial charge in [0.2, 0.25) is 5.91 Å². The van der Waals surface area contributed by atoms with Crippen molar-refractivity contribution in [1.29, 1.82) is 0 Å². The molecule has 1 saturated heterocycles. The van der Waals surface area contributed by atoms with Crippen LogP contribution >= 0.6 is 0 Å². The maximum absolute atomic E-state index is 12.5. The fourth-order valence-corrected chi connectivity index (χ4v) is 3.73. The molecule has 0 aliphatic carbocycles. The van der Waals surface area contributed by atoms with Crippen LogP contribution in [0.4, 0.5) is 11.4 Å². The molecule has 0 radical (unpaired) electrons. The predicted molar refractivity (Wildman–Crippen MR) is 123 cm³/mol. The maximum atomic E-state index is 12.5. The van der Waals surface area contributed by atoms with E-state index in [9.17, 15) is 9.59 Å². The number of anilines is 2. The summed E-state index contributed by atoms with van der Waals surface area (Å²) in [6.45, 7) is 10.4. The van der Waals surface area contributed by atoms with Crippen LogP contribution in [0.5, 0.6) is 0 Å². The summed E-state index contributed by atoms with van der Waals surface area (Å²) < 4.78 is 0. The Bertz CT molecular complexity index is 878. The Hall–Kier alpha value is -2.82. The SMILES string of the molecule is CC(CC(=O)Nc1cccc(N2CCCC2)c1)NC(=O)c1ccc(C(C)(C)C)cc1. The zero-order chi connectivity index (χ0) is 21.7. The van der Waals surface area contributed by atoms with Crippen LogP contribution in [-0.2, 0) is 10.2 Å². The number of rotatable bonds is 6. The van der Waals surface area contributed by atoms with E-state index in [0.29, 0.717) is 5.56 Å². The summed E-state index contributed by atoms with van der Waals surface area (Å²) >= 11 is 0. The summed E-state index contributed by atoms with van der Waals surface area (Å²) in [5, 5.41) is 5.88. The summed E-state index contributed by atoms with van der Waals surface area (Å²) in [7, 11) is 0. The van der Waals surface area contributed by atoms with Crippen molar-refractivity contribution >= 4 is 23.2 Å². The second-order valence-electron chi connectivity index (χ2n) is 9.20. The molecule has 0 saturated carbocycles. The van der Waals surface area contributed by atoms with Gasteiger partial charge >= 0.3 is 0 Å². The van der Waals surface area contributed by atoms with Crippen LogP contribution in [-0.4, -0.2) is 30.9 Å². The third-order valence-electron chi connectivity index (χ3n) is 5.48. The lowest BCUT2D eigenvalue weighted by Gasteiger charge is -2.20. The second-order valence-corrected chi connectivity index (χ2v) is 9.20. The number of nitrogens with zero attached hydrogens (tertiary/aromatic N) is 1. The highest BCUT2D eigenvalue weighted by Crippen LogP contribution is 2.24. The van der Waals surface area contributed by atoms with Gasteiger partial charge in [0.25, 0.3) is 5.91 Å². The average Bonchev–Trinajstić information content (AvgIpc) is 3.22. The van der Waals surface area contributed by atoms with Gasteiger partial charge < -0.3 is 15.5 Å². The largest absolute Gasteiger partial charge is 0.371 e. The summed E-state index contributed by atoms with van der Waals surface area (Å²) in [6, 6.07) is 15.4. The van der Waals surface area contributed by atoms with E-state index < -0.39 is 0 Å². The number of hydrogen-bond donors (Lipinski definition) is 2. The monoisotopic (exact) mass is 407 g/mol. The van der Waals surface area contributed by atoms with Crippen LogP contribution in [0.3, 0.4) is 0 Å². The zero-order valence-electron chi connectivity index (χ0n) is 18.5. The molecule has 1 unspecified atom stereocenters. The molecule has 1 aliphatic rings. The highest BCUT2D eigenvalue weighted by Gasteiger charge is 2.17. The molecule has 5 heteroatoms. The molecular formula is C25H33N3O2. The molecule has 5 nitrogen and oxygen atoms in total. The first-order chi connectivity index (χ1) is 14.2. The summed E-state index contributed by atoms with van der Waals surface area (Å²) in [4.78, 5) is 27.3. The standard InChI is InChI=1S/C25H33N3O2/c1-18(26-24(30)19-10-12-20(13-11-19)25(2,3)4)16-23(29)27-21-8-7-9-22(17-21)28-14-5-6-15-28/h7-13,17-18H,5-6,14-16H2,1-4H3,(H,26,30)(H,27,29). The molecule has 0 spiro atoms. The molecule has 1 aliphatic heterocycles. The molecule has 2 amide bonds. The van der Waals surface area contributed by atoms with Gasteiger partial charge in [-0.1, -0.05) is 39.0 Å². The van der Waals surface area contributed by atoms with E-state index in [1.54, 1.807) is 0 Å². The Morgan fingerprint density at radius 1 is 1.03 bits per heavy atom. The number of benzene rings is 2. The first-order valence-corrected chi connectivity index (χ1v) is 10.8. The molecule has 2 aromatic carbocycles. The van der Waals surface area contributed by atoms with Crippen molar-refractivity contribution in [1.82, 2.24) is 5.32 Å². The maximum Gasteiger partial charge on any atom is 0.251 e. The smallest absolute Gasteiger partial charge is 0.251 e. The number of nitrogens with one attached hydrogen (secondary N) is 2. The van der Waals surface area contributed by atoms with Gasteiger partial charge in [0.1, 0.15) is 0 Å². The highest BCUT2D eigenvalue weighted by atomic mass is 16.2. The van der Waals surface area contributed by atoms with Crippen LogP contribution in [0.25, 0.3) is 0 Å². The van der Waals surface area contributed by atoms with Crippen molar-refractivity contribution < 1.29 is 9.59 Å². The minimum Gasteiger partial charge on any atom is -0.371 e.